The SMILES string of the molecule is Cc1cnc(-c2ccnc(C(C)O)n2)cc1-n1c(C)cc(C(C)Cc2cnc(C(F)(F)F)cn2)c(Cl)c1=O. The molecule has 4 aromatic heterocycles. The van der Waals surface area contributed by atoms with Crippen molar-refractivity contribution in [3.05, 3.63) is 92.4 Å². The number of rotatable bonds is 6. The third-order valence-electron chi connectivity index (χ3n) is 6.03. The number of aromatic nitrogens is 6. The zero-order chi connectivity index (χ0) is 27.8. The highest BCUT2D eigenvalue weighted by Gasteiger charge is 2.32. The summed E-state index contributed by atoms with van der Waals surface area (Å²) in [6.07, 6.45) is -0.263. The van der Waals surface area contributed by atoms with Crippen LogP contribution in [0.5, 0.6) is 0 Å². The molecule has 4 aromatic rings. The first kappa shape index (κ1) is 27.3. The fraction of sp³-hybridized carbons (Fsp3) is 0.308. The summed E-state index contributed by atoms with van der Waals surface area (Å²) < 4.78 is 39.8. The summed E-state index contributed by atoms with van der Waals surface area (Å²) in [5, 5.41) is 9.82. The van der Waals surface area contributed by atoms with Crippen molar-refractivity contribution < 1.29 is 18.3 Å². The van der Waals surface area contributed by atoms with Crippen LogP contribution in [0.3, 0.4) is 0 Å². The number of pyridine rings is 2. The molecule has 0 saturated carbocycles. The minimum atomic E-state index is -4.57. The van der Waals surface area contributed by atoms with Crippen molar-refractivity contribution in [3.63, 3.8) is 0 Å². The van der Waals surface area contributed by atoms with Gasteiger partial charge in [0.25, 0.3) is 5.56 Å². The Bertz CT molecular complexity index is 1540. The van der Waals surface area contributed by atoms with Crippen LogP contribution >= 0.6 is 11.6 Å². The Morgan fingerprint density at radius 1 is 1.03 bits per heavy atom. The van der Waals surface area contributed by atoms with Crippen LogP contribution in [0.15, 0.2) is 47.8 Å². The van der Waals surface area contributed by atoms with Crippen molar-refractivity contribution in [1.29, 1.82) is 0 Å². The Morgan fingerprint density at radius 3 is 2.39 bits per heavy atom. The normalized spacial score (nSPS) is 13.4. The standard InChI is InChI=1S/C26H24ClF3N6O2/c1-13(7-17-11-34-22(12-32-17)26(28,29)30)18-8-15(3)36(25(38)23(18)27)21-9-20(33-10-14(21)2)19-5-6-31-24(35-19)16(4)37/h5-6,8-13,16,37H,7H2,1-4H3. The van der Waals surface area contributed by atoms with Gasteiger partial charge < -0.3 is 5.11 Å². The summed E-state index contributed by atoms with van der Waals surface area (Å²) >= 11 is 6.55. The predicted octanol–water partition coefficient (Wildman–Crippen LogP) is 5.17. The maximum absolute atomic E-state index is 13.5. The van der Waals surface area contributed by atoms with E-state index in [-0.39, 0.29) is 23.2 Å². The Labute approximate surface area is 221 Å². The van der Waals surface area contributed by atoms with Crippen LogP contribution < -0.4 is 5.56 Å². The Hall–Kier alpha value is -3.70. The maximum Gasteiger partial charge on any atom is 0.434 e. The molecule has 198 valence electrons. The number of nitrogens with zero attached hydrogens (tertiary/aromatic N) is 6. The fourth-order valence-corrected chi connectivity index (χ4v) is 4.36. The number of aryl methyl sites for hydroxylation is 2. The first-order chi connectivity index (χ1) is 17.9. The molecule has 0 amide bonds. The molecular weight excluding hydrogens is 521 g/mol. The lowest BCUT2D eigenvalue weighted by Gasteiger charge is -2.19. The van der Waals surface area contributed by atoms with Gasteiger partial charge in [-0.25, -0.2) is 15.0 Å². The van der Waals surface area contributed by atoms with Gasteiger partial charge in [0.15, 0.2) is 11.5 Å². The van der Waals surface area contributed by atoms with Gasteiger partial charge in [-0.2, -0.15) is 13.2 Å². The molecule has 0 aliphatic carbocycles. The molecule has 0 aliphatic heterocycles. The number of aliphatic hydroxyl groups is 1. The number of hydrogen-bond donors (Lipinski definition) is 1. The van der Waals surface area contributed by atoms with Crippen molar-refractivity contribution in [1.82, 2.24) is 29.5 Å². The Balaban J connectivity index is 1.69. The third kappa shape index (κ3) is 5.58. The molecule has 38 heavy (non-hydrogen) atoms. The van der Waals surface area contributed by atoms with E-state index in [0.29, 0.717) is 40.2 Å². The second kappa shape index (κ2) is 10.6. The van der Waals surface area contributed by atoms with Crippen molar-refractivity contribution >= 4 is 11.6 Å². The van der Waals surface area contributed by atoms with Crippen LogP contribution in [0.2, 0.25) is 5.02 Å². The number of halogens is 4. The van der Waals surface area contributed by atoms with Crippen LogP contribution in [0.1, 0.15) is 59.9 Å². The molecule has 8 nitrogen and oxygen atoms in total. The second-order valence-electron chi connectivity index (χ2n) is 9.02. The van der Waals surface area contributed by atoms with E-state index in [1.807, 2.05) is 13.8 Å². The van der Waals surface area contributed by atoms with Crippen LogP contribution in [0.25, 0.3) is 17.1 Å². The van der Waals surface area contributed by atoms with E-state index in [1.54, 1.807) is 38.2 Å². The van der Waals surface area contributed by atoms with Crippen molar-refractivity contribution in [2.75, 3.05) is 0 Å². The Morgan fingerprint density at radius 2 is 1.76 bits per heavy atom. The molecule has 0 saturated heterocycles. The minimum Gasteiger partial charge on any atom is -0.385 e. The molecule has 0 bridgehead atoms. The molecule has 0 spiro atoms. The van der Waals surface area contributed by atoms with Gasteiger partial charge >= 0.3 is 6.18 Å². The summed E-state index contributed by atoms with van der Waals surface area (Å²) in [5.74, 6) is -0.0671. The zero-order valence-electron chi connectivity index (χ0n) is 21.0. The molecule has 12 heteroatoms. The van der Waals surface area contributed by atoms with Gasteiger partial charge in [-0.05, 0) is 62.4 Å². The van der Waals surface area contributed by atoms with Gasteiger partial charge in [0.05, 0.1) is 29.0 Å². The molecule has 1 N–H and O–H groups in total. The van der Waals surface area contributed by atoms with Gasteiger partial charge in [0.2, 0.25) is 0 Å². The fourth-order valence-electron chi connectivity index (χ4n) is 4.03. The van der Waals surface area contributed by atoms with E-state index in [1.165, 1.54) is 10.8 Å². The van der Waals surface area contributed by atoms with Gasteiger partial charge in [-0.15, -0.1) is 0 Å². The molecule has 4 heterocycles. The lowest BCUT2D eigenvalue weighted by atomic mass is 9.96. The second-order valence-corrected chi connectivity index (χ2v) is 9.40. The number of alkyl halides is 3. The number of hydrogen-bond acceptors (Lipinski definition) is 7. The average molecular weight is 545 g/mol. The Kier molecular flexibility index (Phi) is 7.61. The first-order valence-electron chi connectivity index (χ1n) is 11.7. The smallest absolute Gasteiger partial charge is 0.385 e. The highest BCUT2D eigenvalue weighted by atomic mass is 35.5. The van der Waals surface area contributed by atoms with Crippen LogP contribution in [0, 0.1) is 13.8 Å². The monoisotopic (exact) mass is 544 g/mol. The van der Waals surface area contributed by atoms with Crippen molar-refractivity contribution in [3.8, 4) is 17.1 Å². The third-order valence-corrected chi connectivity index (χ3v) is 6.41. The predicted molar refractivity (Wildman–Crippen MR) is 135 cm³/mol. The maximum atomic E-state index is 13.5. The lowest BCUT2D eigenvalue weighted by Crippen LogP contribution is -2.24. The van der Waals surface area contributed by atoms with E-state index in [0.717, 1.165) is 11.8 Å². The summed E-state index contributed by atoms with van der Waals surface area (Å²) in [5.41, 5.74) is 2.24. The quantitative estimate of drug-likeness (QED) is 0.357. The van der Waals surface area contributed by atoms with E-state index < -0.39 is 23.5 Å². The van der Waals surface area contributed by atoms with Gasteiger partial charge in [0.1, 0.15) is 11.1 Å². The lowest BCUT2D eigenvalue weighted by molar-refractivity contribution is -0.141. The molecule has 0 radical (unpaired) electrons. The molecular formula is C26H24ClF3N6O2. The van der Waals surface area contributed by atoms with Crippen LogP contribution in [0.4, 0.5) is 13.2 Å². The minimum absolute atomic E-state index is 0.000777. The highest BCUT2D eigenvalue weighted by molar-refractivity contribution is 6.31. The van der Waals surface area contributed by atoms with Gasteiger partial charge in [-0.1, -0.05) is 18.5 Å². The zero-order valence-corrected chi connectivity index (χ0v) is 21.7. The summed E-state index contributed by atoms with van der Waals surface area (Å²) in [7, 11) is 0. The molecule has 2 unspecified atom stereocenters. The van der Waals surface area contributed by atoms with E-state index in [2.05, 4.69) is 24.9 Å². The van der Waals surface area contributed by atoms with E-state index in [4.69, 9.17) is 11.6 Å². The summed E-state index contributed by atoms with van der Waals surface area (Å²) in [4.78, 5) is 33.6. The average Bonchev–Trinajstić information content (AvgIpc) is 2.87. The van der Waals surface area contributed by atoms with Gasteiger partial charge in [0, 0.05) is 24.3 Å². The summed E-state index contributed by atoms with van der Waals surface area (Å²) in [6, 6.07) is 5.15. The van der Waals surface area contributed by atoms with Crippen molar-refractivity contribution in [2.45, 2.75) is 52.3 Å². The van der Waals surface area contributed by atoms with Gasteiger partial charge in [-0.3, -0.25) is 19.3 Å². The van der Waals surface area contributed by atoms with Crippen LogP contribution in [-0.2, 0) is 12.6 Å². The summed E-state index contributed by atoms with van der Waals surface area (Å²) in [6.45, 7) is 6.95. The molecule has 0 fully saturated rings. The molecule has 2 atom stereocenters. The molecule has 0 aromatic carbocycles. The van der Waals surface area contributed by atoms with E-state index in [9.17, 15) is 23.1 Å². The van der Waals surface area contributed by atoms with Crippen LogP contribution in [-0.4, -0.2) is 34.6 Å². The van der Waals surface area contributed by atoms with Crippen molar-refractivity contribution in [2.24, 2.45) is 0 Å². The highest BCUT2D eigenvalue weighted by Crippen LogP contribution is 2.30. The molecule has 4 rings (SSSR count). The molecule has 0 aliphatic rings. The number of aliphatic hydroxyl groups excluding tert-OH is 1. The first-order valence-corrected chi connectivity index (χ1v) is 12.0. The largest absolute Gasteiger partial charge is 0.434 e. The van der Waals surface area contributed by atoms with E-state index >= 15 is 0 Å². The topological polar surface area (TPSA) is 107 Å².